The van der Waals surface area contributed by atoms with E-state index in [0.29, 0.717) is 0 Å². The van der Waals surface area contributed by atoms with Crippen LogP contribution in [0.25, 0.3) is 10.4 Å². The first-order valence-electron chi connectivity index (χ1n) is 6.77. The molecule has 0 bridgehead atoms. The number of carbonyl (C=O) groups excluding carboxylic acids is 1. The number of hydrogen-bond acceptors (Lipinski definition) is 6. The number of rotatable bonds is 5. The third-order valence-electron chi connectivity index (χ3n) is 3.43. The molecule has 8 nitrogen and oxygen atoms in total. The van der Waals surface area contributed by atoms with Crippen LogP contribution in [-0.4, -0.2) is 47.0 Å². The third kappa shape index (κ3) is 3.62. The summed E-state index contributed by atoms with van der Waals surface area (Å²) in [4.78, 5) is 13.9. The molecule has 1 heterocycles. The van der Waals surface area contributed by atoms with Crippen LogP contribution >= 0.6 is 0 Å². The first kappa shape index (κ1) is 16.4. The van der Waals surface area contributed by atoms with Crippen LogP contribution in [0.1, 0.15) is 18.8 Å². The molecule has 1 aromatic rings. The van der Waals surface area contributed by atoms with E-state index in [1.165, 1.54) is 0 Å². The van der Waals surface area contributed by atoms with Crippen LogP contribution < -0.4 is 0 Å². The number of benzene rings is 1. The van der Waals surface area contributed by atoms with E-state index < -0.39 is 36.4 Å². The predicted octanol–water partition coefficient (Wildman–Crippen LogP) is 1.09. The highest BCUT2D eigenvalue weighted by atomic mass is 16.7. The first-order valence-corrected chi connectivity index (χ1v) is 6.77. The monoisotopic (exact) mass is 307 g/mol. The number of hydrogen-bond donors (Lipinski definition) is 2. The number of nitrogens with zero attached hydrogens (tertiary/aromatic N) is 3. The zero-order valence-corrected chi connectivity index (χ0v) is 11.9. The Hall–Kier alpha value is -1.96. The summed E-state index contributed by atoms with van der Waals surface area (Å²) in [6.45, 7) is 1.17. The summed E-state index contributed by atoms with van der Waals surface area (Å²) in [5, 5.41) is 23.4. The standard InChI is InChI=1S/C14H17N3O5/c1-8(18)11(19)12(20)13-10(16-17-15)7-21-14(22-13)9-5-3-2-4-6-9/h2-6,10-14,19-20H,7H2,1H3/t10-,11+,12+,13-,14?/m0/s1. The van der Waals surface area contributed by atoms with E-state index in [1.807, 2.05) is 6.07 Å². The maximum Gasteiger partial charge on any atom is 0.184 e. The summed E-state index contributed by atoms with van der Waals surface area (Å²) >= 11 is 0. The van der Waals surface area contributed by atoms with Crippen molar-refractivity contribution >= 4 is 5.78 Å². The molecule has 0 spiro atoms. The second kappa shape index (κ2) is 7.35. The summed E-state index contributed by atoms with van der Waals surface area (Å²) in [6, 6.07) is 8.16. The Morgan fingerprint density at radius 3 is 2.68 bits per heavy atom. The van der Waals surface area contributed by atoms with Gasteiger partial charge in [-0.25, -0.2) is 0 Å². The molecule has 118 valence electrons. The second-order valence-electron chi connectivity index (χ2n) is 4.99. The Bertz CT molecular complexity index is 561. The van der Waals surface area contributed by atoms with Crippen molar-refractivity contribution in [1.82, 2.24) is 0 Å². The molecular weight excluding hydrogens is 290 g/mol. The molecule has 2 N–H and O–H groups in total. The summed E-state index contributed by atoms with van der Waals surface area (Å²) < 4.78 is 11.1. The fourth-order valence-electron chi connectivity index (χ4n) is 2.23. The van der Waals surface area contributed by atoms with Crippen LogP contribution in [0.5, 0.6) is 0 Å². The SMILES string of the molecule is CC(=O)[C@@H](O)[C@@H](O)[C@H]1OC(c2ccccc2)OC[C@@H]1N=[N+]=[N-]. The van der Waals surface area contributed by atoms with Crippen LogP contribution in [0.4, 0.5) is 0 Å². The molecule has 22 heavy (non-hydrogen) atoms. The van der Waals surface area contributed by atoms with Crippen molar-refractivity contribution < 1.29 is 24.5 Å². The predicted molar refractivity (Wildman–Crippen MR) is 75.6 cm³/mol. The molecule has 1 fully saturated rings. The van der Waals surface area contributed by atoms with Crippen LogP contribution in [-0.2, 0) is 14.3 Å². The van der Waals surface area contributed by atoms with Gasteiger partial charge in [-0.15, -0.1) is 0 Å². The smallest absolute Gasteiger partial charge is 0.184 e. The lowest BCUT2D eigenvalue weighted by Gasteiger charge is -2.37. The molecule has 0 aliphatic carbocycles. The lowest BCUT2D eigenvalue weighted by Crippen LogP contribution is -2.52. The molecule has 0 aromatic heterocycles. The highest BCUT2D eigenvalue weighted by molar-refractivity contribution is 5.80. The van der Waals surface area contributed by atoms with Crippen molar-refractivity contribution in [1.29, 1.82) is 0 Å². The van der Waals surface area contributed by atoms with E-state index in [4.69, 9.17) is 15.0 Å². The van der Waals surface area contributed by atoms with Gasteiger partial charge in [-0.1, -0.05) is 35.4 Å². The normalized spacial score (nSPS) is 27.5. The molecule has 1 unspecified atom stereocenters. The average molecular weight is 307 g/mol. The van der Waals surface area contributed by atoms with E-state index in [9.17, 15) is 15.0 Å². The quantitative estimate of drug-likeness (QED) is 0.478. The van der Waals surface area contributed by atoms with Crippen molar-refractivity contribution in [2.75, 3.05) is 6.61 Å². The van der Waals surface area contributed by atoms with Gasteiger partial charge >= 0.3 is 0 Å². The van der Waals surface area contributed by atoms with Gasteiger partial charge in [0.15, 0.2) is 12.1 Å². The Morgan fingerprint density at radius 1 is 1.41 bits per heavy atom. The molecule has 5 atom stereocenters. The van der Waals surface area contributed by atoms with Gasteiger partial charge in [-0.3, -0.25) is 4.79 Å². The van der Waals surface area contributed by atoms with Gasteiger partial charge in [0, 0.05) is 10.5 Å². The minimum absolute atomic E-state index is 0.00989. The third-order valence-corrected chi connectivity index (χ3v) is 3.43. The second-order valence-corrected chi connectivity index (χ2v) is 4.99. The van der Waals surface area contributed by atoms with Crippen molar-refractivity contribution in [2.24, 2.45) is 5.11 Å². The van der Waals surface area contributed by atoms with Crippen LogP contribution in [0, 0.1) is 0 Å². The number of ketones is 1. The molecule has 0 radical (unpaired) electrons. The Balaban J connectivity index is 2.20. The molecule has 1 saturated heterocycles. The number of aliphatic hydroxyl groups is 2. The molecule has 1 aliphatic rings. The van der Waals surface area contributed by atoms with Gasteiger partial charge in [0.05, 0.1) is 12.6 Å². The van der Waals surface area contributed by atoms with Crippen molar-refractivity contribution in [3.05, 3.63) is 46.3 Å². The van der Waals surface area contributed by atoms with E-state index in [2.05, 4.69) is 10.0 Å². The van der Waals surface area contributed by atoms with Gasteiger partial charge in [-0.05, 0) is 12.5 Å². The van der Waals surface area contributed by atoms with Crippen LogP contribution in [0.3, 0.4) is 0 Å². The van der Waals surface area contributed by atoms with Crippen molar-refractivity contribution in [3.8, 4) is 0 Å². The molecule has 0 amide bonds. The maximum atomic E-state index is 11.2. The number of carbonyl (C=O) groups is 1. The minimum atomic E-state index is -1.61. The summed E-state index contributed by atoms with van der Waals surface area (Å²) in [7, 11) is 0. The van der Waals surface area contributed by atoms with Gasteiger partial charge in [0.2, 0.25) is 0 Å². The van der Waals surface area contributed by atoms with Gasteiger partial charge in [0.1, 0.15) is 18.3 Å². The summed E-state index contributed by atoms with van der Waals surface area (Å²) in [5.41, 5.74) is 9.30. The van der Waals surface area contributed by atoms with Crippen LogP contribution in [0.15, 0.2) is 35.4 Å². The average Bonchev–Trinajstić information content (AvgIpc) is 2.55. The van der Waals surface area contributed by atoms with Gasteiger partial charge in [0.25, 0.3) is 0 Å². The van der Waals surface area contributed by atoms with E-state index in [-0.39, 0.29) is 6.61 Å². The molecule has 2 rings (SSSR count). The topological polar surface area (TPSA) is 125 Å². The zero-order chi connectivity index (χ0) is 16.1. The van der Waals surface area contributed by atoms with Crippen LogP contribution in [0.2, 0.25) is 0 Å². The Labute approximate surface area is 126 Å². The summed E-state index contributed by atoms with van der Waals surface area (Å²) in [5.74, 6) is -0.599. The molecule has 0 saturated carbocycles. The van der Waals surface area contributed by atoms with E-state index >= 15 is 0 Å². The fraction of sp³-hybridized carbons (Fsp3) is 0.500. The van der Waals surface area contributed by atoms with E-state index in [0.717, 1.165) is 12.5 Å². The van der Waals surface area contributed by atoms with Crippen molar-refractivity contribution in [2.45, 2.75) is 37.6 Å². The number of ether oxygens (including phenoxy) is 2. The number of aliphatic hydroxyl groups excluding tert-OH is 2. The fourth-order valence-corrected chi connectivity index (χ4v) is 2.23. The Kier molecular flexibility index (Phi) is 5.48. The van der Waals surface area contributed by atoms with Crippen molar-refractivity contribution in [3.63, 3.8) is 0 Å². The summed E-state index contributed by atoms with van der Waals surface area (Å²) in [6.07, 6.45) is -4.95. The lowest BCUT2D eigenvalue weighted by atomic mass is 9.98. The number of Topliss-reactive ketones (excluding diaryl/α,β-unsaturated/α-hetero) is 1. The highest BCUT2D eigenvalue weighted by Crippen LogP contribution is 2.30. The maximum absolute atomic E-state index is 11.2. The zero-order valence-electron chi connectivity index (χ0n) is 11.9. The van der Waals surface area contributed by atoms with Gasteiger partial charge in [-0.2, -0.15) is 0 Å². The Morgan fingerprint density at radius 2 is 2.09 bits per heavy atom. The van der Waals surface area contributed by atoms with E-state index in [1.54, 1.807) is 24.3 Å². The molecule has 1 aromatic carbocycles. The van der Waals surface area contributed by atoms with Gasteiger partial charge < -0.3 is 19.7 Å². The largest absolute Gasteiger partial charge is 0.387 e. The number of azide groups is 1. The molecular formula is C14H17N3O5. The lowest BCUT2D eigenvalue weighted by molar-refractivity contribution is -0.252. The molecule has 1 aliphatic heterocycles. The highest BCUT2D eigenvalue weighted by Gasteiger charge is 2.40. The molecule has 8 heteroatoms. The first-order chi connectivity index (χ1) is 10.5. The minimum Gasteiger partial charge on any atom is -0.387 e.